The fourth-order valence-electron chi connectivity index (χ4n) is 5.05. The predicted molar refractivity (Wildman–Crippen MR) is 127 cm³/mol. The highest BCUT2D eigenvalue weighted by molar-refractivity contribution is 5.91. The number of aromatic hydroxyl groups is 1. The van der Waals surface area contributed by atoms with Crippen LogP contribution in [0, 0.1) is 5.92 Å². The number of H-pyrrole nitrogens is 1. The number of likely N-dealkylation sites (tertiary alicyclic amines) is 1. The normalized spacial score (nSPS) is 18.7. The van der Waals surface area contributed by atoms with Gasteiger partial charge in [0.1, 0.15) is 11.3 Å². The van der Waals surface area contributed by atoms with Gasteiger partial charge in [-0.3, -0.25) is 0 Å². The van der Waals surface area contributed by atoms with E-state index in [-0.39, 0.29) is 5.75 Å². The standard InChI is InChI=1S/C25H33N5O2/c1-17(2)16-29-9-7-18(8-10-29)20-15-26-23-22(20)27-24(19-5-3-4-6-21(19)31)28-25(23)30-11-13-32-14-12-30/h3-6,15,17-18,26,31H,7-14,16H2,1-2H3. The molecule has 0 saturated carbocycles. The minimum atomic E-state index is 0.207. The Morgan fingerprint density at radius 2 is 1.84 bits per heavy atom. The number of para-hydroxylation sites is 1. The average molecular weight is 436 g/mol. The van der Waals surface area contributed by atoms with Crippen molar-refractivity contribution in [2.75, 3.05) is 50.8 Å². The Kier molecular flexibility index (Phi) is 6.02. The van der Waals surface area contributed by atoms with Crippen LogP contribution in [0.15, 0.2) is 30.5 Å². The van der Waals surface area contributed by atoms with Gasteiger partial charge in [-0.25, -0.2) is 9.97 Å². The molecule has 0 bridgehead atoms. The Labute approximate surface area is 189 Å². The maximum atomic E-state index is 10.5. The van der Waals surface area contributed by atoms with E-state index >= 15 is 0 Å². The zero-order chi connectivity index (χ0) is 22.1. The lowest BCUT2D eigenvalue weighted by Gasteiger charge is -2.33. The van der Waals surface area contributed by atoms with Crippen LogP contribution in [0.3, 0.4) is 0 Å². The summed E-state index contributed by atoms with van der Waals surface area (Å²) >= 11 is 0. The van der Waals surface area contributed by atoms with Crippen molar-refractivity contribution in [3.63, 3.8) is 0 Å². The van der Waals surface area contributed by atoms with E-state index in [1.807, 2.05) is 18.2 Å². The zero-order valence-corrected chi connectivity index (χ0v) is 19.0. The third kappa shape index (κ3) is 4.19. The largest absolute Gasteiger partial charge is 0.507 e. The summed E-state index contributed by atoms with van der Waals surface area (Å²) < 4.78 is 5.57. The van der Waals surface area contributed by atoms with Gasteiger partial charge < -0.3 is 24.6 Å². The predicted octanol–water partition coefficient (Wildman–Crippen LogP) is 4.00. The lowest BCUT2D eigenvalue weighted by molar-refractivity contribution is 0.122. The topological polar surface area (TPSA) is 77.5 Å². The number of hydrogen-bond acceptors (Lipinski definition) is 6. The molecule has 2 aliphatic rings. The second-order valence-corrected chi connectivity index (χ2v) is 9.42. The first-order valence-corrected chi connectivity index (χ1v) is 11.8. The SMILES string of the molecule is CC(C)CN1CCC(c2c[nH]c3c(N4CCOCC4)nc(-c4ccccc4O)nc23)CC1. The van der Waals surface area contributed by atoms with Crippen molar-refractivity contribution in [2.45, 2.75) is 32.6 Å². The van der Waals surface area contributed by atoms with Crippen LogP contribution in [0.25, 0.3) is 22.4 Å². The number of anilines is 1. The Bertz CT molecular complexity index is 1070. The second-order valence-electron chi connectivity index (χ2n) is 9.42. The number of benzene rings is 1. The van der Waals surface area contributed by atoms with E-state index in [9.17, 15) is 5.11 Å². The van der Waals surface area contributed by atoms with Gasteiger partial charge >= 0.3 is 0 Å². The molecule has 0 unspecified atom stereocenters. The molecular formula is C25H33N5O2. The van der Waals surface area contributed by atoms with Gasteiger partial charge in [0.15, 0.2) is 11.6 Å². The summed E-state index contributed by atoms with van der Waals surface area (Å²) in [5.41, 5.74) is 3.92. The summed E-state index contributed by atoms with van der Waals surface area (Å²) in [6, 6.07) is 7.32. The van der Waals surface area contributed by atoms with Gasteiger partial charge in [0.2, 0.25) is 0 Å². The second kappa shape index (κ2) is 9.08. The lowest BCUT2D eigenvalue weighted by Crippen LogP contribution is -2.37. The van der Waals surface area contributed by atoms with Crippen molar-refractivity contribution in [1.82, 2.24) is 19.9 Å². The minimum absolute atomic E-state index is 0.207. The third-order valence-corrected chi connectivity index (χ3v) is 6.64. The smallest absolute Gasteiger partial charge is 0.166 e. The number of fused-ring (bicyclic) bond motifs is 1. The van der Waals surface area contributed by atoms with Gasteiger partial charge in [0.25, 0.3) is 0 Å². The van der Waals surface area contributed by atoms with Gasteiger partial charge in [-0.1, -0.05) is 26.0 Å². The number of phenols is 1. The van der Waals surface area contributed by atoms with Gasteiger partial charge in [-0.05, 0) is 55.5 Å². The van der Waals surface area contributed by atoms with Crippen LogP contribution in [0.4, 0.5) is 5.82 Å². The van der Waals surface area contributed by atoms with Gasteiger partial charge in [0.05, 0.1) is 24.3 Å². The number of rotatable bonds is 5. The molecule has 0 aliphatic carbocycles. The molecule has 0 spiro atoms. The number of nitrogens with one attached hydrogen (secondary N) is 1. The van der Waals surface area contributed by atoms with E-state index in [2.05, 4.69) is 34.8 Å². The van der Waals surface area contributed by atoms with Crippen LogP contribution in [0.2, 0.25) is 0 Å². The average Bonchev–Trinajstić information content (AvgIpc) is 3.23. The van der Waals surface area contributed by atoms with Crippen molar-refractivity contribution >= 4 is 16.9 Å². The van der Waals surface area contributed by atoms with Crippen molar-refractivity contribution in [2.24, 2.45) is 5.92 Å². The molecule has 0 amide bonds. The summed E-state index contributed by atoms with van der Waals surface area (Å²) in [5.74, 6) is 2.87. The Morgan fingerprint density at radius 1 is 1.09 bits per heavy atom. The molecule has 2 fully saturated rings. The van der Waals surface area contributed by atoms with E-state index in [0.29, 0.717) is 36.4 Å². The number of hydrogen-bond donors (Lipinski definition) is 2. The fourth-order valence-corrected chi connectivity index (χ4v) is 5.05. The van der Waals surface area contributed by atoms with Crippen molar-refractivity contribution < 1.29 is 9.84 Å². The number of morpholine rings is 1. The number of piperidine rings is 1. The van der Waals surface area contributed by atoms with Crippen LogP contribution < -0.4 is 4.90 Å². The van der Waals surface area contributed by atoms with E-state index in [0.717, 1.165) is 55.9 Å². The molecule has 170 valence electrons. The Morgan fingerprint density at radius 3 is 2.56 bits per heavy atom. The molecule has 7 nitrogen and oxygen atoms in total. The first-order valence-electron chi connectivity index (χ1n) is 11.8. The van der Waals surface area contributed by atoms with Crippen LogP contribution >= 0.6 is 0 Å². The zero-order valence-electron chi connectivity index (χ0n) is 19.0. The molecule has 2 aromatic heterocycles. The monoisotopic (exact) mass is 435 g/mol. The molecule has 3 aromatic rings. The molecule has 5 rings (SSSR count). The summed E-state index contributed by atoms with van der Waals surface area (Å²) in [4.78, 5) is 18.3. The molecule has 4 heterocycles. The minimum Gasteiger partial charge on any atom is -0.507 e. The molecule has 2 aliphatic heterocycles. The van der Waals surface area contributed by atoms with Crippen LogP contribution in [-0.4, -0.2) is 70.9 Å². The lowest BCUT2D eigenvalue weighted by atomic mass is 9.90. The molecule has 2 saturated heterocycles. The maximum Gasteiger partial charge on any atom is 0.166 e. The number of phenolic OH excluding ortho intramolecular Hbond substituents is 1. The fraction of sp³-hybridized carbons (Fsp3) is 0.520. The summed E-state index contributed by atoms with van der Waals surface area (Å²) in [6.45, 7) is 11.0. The highest BCUT2D eigenvalue weighted by Crippen LogP contribution is 2.37. The number of ether oxygens (including phenoxy) is 1. The number of aromatic amines is 1. The summed E-state index contributed by atoms with van der Waals surface area (Å²) in [7, 11) is 0. The maximum absolute atomic E-state index is 10.5. The molecule has 0 atom stereocenters. The molecule has 1 aromatic carbocycles. The first kappa shape index (κ1) is 21.2. The van der Waals surface area contributed by atoms with Gasteiger partial charge in [0, 0.05) is 25.8 Å². The number of nitrogens with zero attached hydrogens (tertiary/aromatic N) is 4. The van der Waals surface area contributed by atoms with Crippen LogP contribution in [-0.2, 0) is 4.74 Å². The van der Waals surface area contributed by atoms with Gasteiger partial charge in [-0.15, -0.1) is 0 Å². The number of aromatic nitrogens is 3. The highest BCUT2D eigenvalue weighted by Gasteiger charge is 2.27. The van der Waals surface area contributed by atoms with Crippen molar-refractivity contribution in [1.29, 1.82) is 0 Å². The summed E-state index contributed by atoms with van der Waals surface area (Å²) in [5, 5.41) is 10.5. The Balaban J connectivity index is 1.54. The van der Waals surface area contributed by atoms with Crippen LogP contribution in [0.1, 0.15) is 38.2 Å². The Hall–Kier alpha value is -2.64. The van der Waals surface area contributed by atoms with E-state index in [1.165, 1.54) is 12.1 Å². The molecule has 2 N–H and O–H groups in total. The first-order chi connectivity index (χ1) is 15.6. The van der Waals surface area contributed by atoms with E-state index in [1.54, 1.807) is 6.07 Å². The molecule has 32 heavy (non-hydrogen) atoms. The molecule has 7 heteroatoms. The van der Waals surface area contributed by atoms with Crippen molar-refractivity contribution in [3.05, 3.63) is 36.0 Å². The molecule has 0 radical (unpaired) electrons. The van der Waals surface area contributed by atoms with Gasteiger partial charge in [-0.2, -0.15) is 0 Å². The third-order valence-electron chi connectivity index (χ3n) is 6.64. The quantitative estimate of drug-likeness (QED) is 0.631. The van der Waals surface area contributed by atoms with Crippen molar-refractivity contribution in [3.8, 4) is 17.1 Å². The van der Waals surface area contributed by atoms with E-state index in [4.69, 9.17) is 14.7 Å². The summed E-state index contributed by atoms with van der Waals surface area (Å²) in [6.07, 6.45) is 4.42. The van der Waals surface area contributed by atoms with Crippen LogP contribution in [0.5, 0.6) is 5.75 Å². The highest BCUT2D eigenvalue weighted by atomic mass is 16.5. The van der Waals surface area contributed by atoms with E-state index < -0.39 is 0 Å². The molecular weight excluding hydrogens is 402 g/mol.